The van der Waals surface area contributed by atoms with Crippen LogP contribution in [0.15, 0.2) is 10.9 Å². The Morgan fingerprint density at radius 3 is 2.43 bits per heavy atom. The summed E-state index contributed by atoms with van der Waals surface area (Å²) >= 11 is 0. The molecule has 1 fully saturated rings. The number of hydrogen-bond donors (Lipinski definition) is 1. The average Bonchev–Trinajstić information content (AvgIpc) is 2.45. The molecule has 6 heteroatoms. The molecule has 1 aliphatic carbocycles. The molecule has 6 nitrogen and oxygen atoms in total. The van der Waals surface area contributed by atoms with Gasteiger partial charge in [-0.3, -0.25) is 14.4 Å². The van der Waals surface area contributed by atoms with Crippen molar-refractivity contribution in [3.63, 3.8) is 0 Å². The minimum atomic E-state index is -0.391. The minimum absolute atomic E-state index is 0.0000671. The number of carbonyl (C=O) groups is 2. The number of pyridine rings is 1. The summed E-state index contributed by atoms with van der Waals surface area (Å²) in [5.41, 5.74) is 0.697. The maximum absolute atomic E-state index is 12.6. The molecule has 23 heavy (non-hydrogen) atoms. The normalized spacial score (nSPS) is 21.2. The number of hydrogen-bond acceptors (Lipinski definition) is 4. The molecule has 0 atom stereocenters. The largest absolute Gasteiger partial charge is 0.336 e. The fourth-order valence-corrected chi connectivity index (χ4v) is 3.37. The first-order valence-electron chi connectivity index (χ1n) is 8.04. The highest BCUT2D eigenvalue weighted by molar-refractivity contribution is 6.02. The van der Waals surface area contributed by atoms with Crippen LogP contribution in [0.2, 0.25) is 0 Å². The summed E-state index contributed by atoms with van der Waals surface area (Å²) in [6, 6.07) is 1.51. The Kier molecular flexibility index (Phi) is 3.88. The Labute approximate surface area is 135 Å². The number of nitrogens with one attached hydrogen (secondary N) is 1. The van der Waals surface area contributed by atoms with Gasteiger partial charge >= 0.3 is 0 Å². The molecule has 1 N–H and O–H groups in total. The highest BCUT2D eigenvalue weighted by Crippen LogP contribution is 2.33. The smallest absolute Gasteiger partial charge is 0.261 e. The SMILES string of the molecule is CN1CCN(C(=O)c2cc3c([nH]c2=O)CC(C)(C)CC3=O)CC1. The molecular formula is C17H23N3O3. The van der Waals surface area contributed by atoms with Crippen molar-refractivity contribution in [1.29, 1.82) is 0 Å². The van der Waals surface area contributed by atoms with Gasteiger partial charge in [-0.05, 0) is 24.9 Å². The first-order chi connectivity index (χ1) is 10.8. The van der Waals surface area contributed by atoms with Crippen molar-refractivity contribution in [3.05, 3.63) is 33.2 Å². The van der Waals surface area contributed by atoms with Gasteiger partial charge in [0.25, 0.3) is 11.5 Å². The highest BCUT2D eigenvalue weighted by atomic mass is 16.2. The number of carbonyl (C=O) groups excluding carboxylic acids is 2. The number of likely N-dealkylation sites (N-methyl/N-ethyl adjacent to an activating group) is 1. The van der Waals surface area contributed by atoms with Crippen molar-refractivity contribution in [2.24, 2.45) is 5.41 Å². The van der Waals surface area contributed by atoms with Crippen LogP contribution in [0.5, 0.6) is 0 Å². The minimum Gasteiger partial charge on any atom is -0.336 e. The molecule has 1 aromatic heterocycles. The van der Waals surface area contributed by atoms with Gasteiger partial charge in [-0.15, -0.1) is 0 Å². The Balaban J connectivity index is 1.93. The van der Waals surface area contributed by atoms with E-state index in [2.05, 4.69) is 9.88 Å². The van der Waals surface area contributed by atoms with E-state index in [9.17, 15) is 14.4 Å². The van der Waals surface area contributed by atoms with Crippen molar-refractivity contribution < 1.29 is 9.59 Å². The lowest BCUT2D eigenvalue weighted by atomic mass is 9.75. The van der Waals surface area contributed by atoms with Crippen molar-refractivity contribution in [3.8, 4) is 0 Å². The summed E-state index contributed by atoms with van der Waals surface area (Å²) in [5, 5.41) is 0. The number of fused-ring (bicyclic) bond motifs is 1. The van der Waals surface area contributed by atoms with Crippen molar-refractivity contribution >= 4 is 11.7 Å². The summed E-state index contributed by atoms with van der Waals surface area (Å²) < 4.78 is 0. The van der Waals surface area contributed by atoms with Crippen LogP contribution in [0.25, 0.3) is 0 Å². The lowest BCUT2D eigenvalue weighted by Gasteiger charge is -2.33. The number of aromatic nitrogens is 1. The van der Waals surface area contributed by atoms with E-state index in [1.54, 1.807) is 4.90 Å². The molecule has 1 saturated heterocycles. The summed E-state index contributed by atoms with van der Waals surface area (Å²) in [7, 11) is 2.01. The highest BCUT2D eigenvalue weighted by Gasteiger charge is 2.33. The zero-order valence-corrected chi connectivity index (χ0v) is 13.9. The molecule has 0 spiro atoms. The molecule has 0 bridgehead atoms. The number of amides is 1. The molecule has 2 aliphatic rings. The Hall–Kier alpha value is -1.95. The average molecular weight is 317 g/mol. The monoisotopic (exact) mass is 317 g/mol. The number of ketones is 1. The van der Waals surface area contributed by atoms with Crippen LogP contribution in [0.4, 0.5) is 0 Å². The summed E-state index contributed by atoms with van der Waals surface area (Å²) in [6.45, 7) is 6.81. The van der Waals surface area contributed by atoms with Crippen molar-refractivity contribution in [2.45, 2.75) is 26.7 Å². The fourth-order valence-electron chi connectivity index (χ4n) is 3.37. The van der Waals surface area contributed by atoms with E-state index < -0.39 is 5.56 Å². The molecule has 124 valence electrons. The van der Waals surface area contributed by atoms with Crippen LogP contribution in [-0.4, -0.2) is 59.7 Å². The molecule has 1 amide bonds. The molecule has 0 unspecified atom stereocenters. The van der Waals surface area contributed by atoms with Gasteiger partial charge in [-0.25, -0.2) is 0 Å². The number of Topliss-reactive ketones (excluding diaryl/α,β-unsaturated/α-hetero) is 1. The third-order valence-electron chi connectivity index (χ3n) is 4.74. The van der Waals surface area contributed by atoms with Crippen molar-refractivity contribution in [2.75, 3.05) is 33.2 Å². The predicted molar refractivity (Wildman–Crippen MR) is 86.9 cm³/mol. The van der Waals surface area contributed by atoms with Crippen LogP contribution < -0.4 is 5.56 Å². The van der Waals surface area contributed by atoms with Gasteiger partial charge in [-0.1, -0.05) is 13.8 Å². The van der Waals surface area contributed by atoms with E-state index in [4.69, 9.17) is 0 Å². The number of nitrogens with zero attached hydrogens (tertiary/aromatic N) is 2. The number of rotatable bonds is 1. The number of aromatic amines is 1. The van der Waals surface area contributed by atoms with Gasteiger partial charge in [0.15, 0.2) is 5.78 Å². The quantitative estimate of drug-likeness (QED) is 0.836. The van der Waals surface area contributed by atoms with E-state index in [1.807, 2.05) is 20.9 Å². The molecular weight excluding hydrogens is 294 g/mol. The molecule has 3 rings (SSSR count). The van der Waals surface area contributed by atoms with Crippen LogP contribution in [0, 0.1) is 5.41 Å². The number of piperazine rings is 1. The van der Waals surface area contributed by atoms with Gasteiger partial charge in [0, 0.05) is 43.9 Å². The lowest BCUT2D eigenvalue weighted by molar-refractivity contribution is 0.0662. The molecule has 0 saturated carbocycles. The second kappa shape index (κ2) is 5.60. The molecule has 1 aliphatic heterocycles. The molecule has 0 aromatic carbocycles. The topological polar surface area (TPSA) is 73.5 Å². The zero-order valence-electron chi connectivity index (χ0n) is 13.9. The van der Waals surface area contributed by atoms with Gasteiger partial charge in [0.2, 0.25) is 0 Å². The van der Waals surface area contributed by atoms with Crippen molar-refractivity contribution in [1.82, 2.24) is 14.8 Å². The second-order valence-corrected chi connectivity index (χ2v) is 7.44. The van der Waals surface area contributed by atoms with E-state index in [1.165, 1.54) is 6.07 Å². The van der Waals surface area contributed by atoms with Gasteiger partial charge in [0.05, 0.1) is 0 Å². The molecule has 0 radical (unpaired) electrons. The molecule has 1 aromatic rings. The fraction of sp³-hybridized carbons (Fsp3) is 0.588. The summed E-state index contributed by atoms with van der Waals surface area (Å²) in [4.78, 5) is 43.9. The third-order valence-corrected chi connectivity index (χ3v) is 4.74. The van der Waals surface area contributed by atoms with Gasteiger partial charge in [0.1, 0.15) is 5.56 Å². The van der Waals surface area contributed by atoms with Crippen LogP contribution >= 0.6 is 0 Å². The standard InChI is InChI=1S/C17H23N3O3/c1-17(2)9-13-11(14(21)10-17)8-12(15(22)18-13)16(23)20-6-4-19(3)5-7-20/h8H,4-7,9-10H2,1-3H3,(H,18,22). The maximum Gasteiger partial charge on any atom is 0.261 e. The first-order valence-corrected chi connectivity index (χ1v) is 8.04. The first kappa shape index (κ1) is 15.9. The molecule has 2 heterocycles. The zero-order chi connectivity index (χ0) is 16.8. The van der Waals surface area contributed by atoms with E-state index in [0.29, 0.717) is 37.2 Å². The third kappa shape index (κ3) is 3.08. The van der Waals surface area contributed by atoms with Crippen LogP contribution in [-0.2, 0) is 6.42 Å². The Morgan fingerprint density at radius 2 is 1.78 bits per heavy atom. The predicted octanol–water partition coefficient (Wildman–Crippen LogP) is 0.918. The summed E-state index contributed by atoms with van der Waals surface area (Å²) in [6.07, 6.45) is 1.08. The van der Waals surface area contributed by atoms with Gasteiger partial charge in [-0.2, -0.15) is 0 Å². The van der Waals surface area contributed by atoms with E-state index in [-0.39, 0.29) is 22.7 Å². The van der Waals surface area contributed by atoms with E-state index >= 15 is 0 Å². The Morgan fingerprint density at radius 1 is 1.13 bits per heavy atom. The summed E-state index contributed by atoms with van der Waals surface area (Å²) in [5.74, 6) is -0.278. The number of H-pyrrole nitrogens is 1. The van der Waals surface area contributed by atoms with Crippen LogP contribution in [0.3, 0.4) is 0 Å². The van der Waals surface area contributed by atoms with Gasteiger partial charge < -0.3 is 14.8 Å². The van der Waals surface area contributed by atoms with E-state index in [0.717, 1.165) is 13.1 Å². The lowest BCUT2D eigenvalue weighted by Crippen LogP contribution is -2.48. The second-order valence-electron chi connectivity index (χ2n) is 7.44. The Bertz CT molecular complexity index is 712. The van der Waals surface area contributed by atoms with Crippen LogP contribution in [0.1, 0.15) is 46.7 Å². The maximum atomic E-state index is 12.6.